The van der Waals surface area contributed by atoms with Gasteiger partial charge in [0.05, 0.1) is 7.11 Å². The highest BCUT2D eigenvalue weighted by atomic mass is 19.4. The summed E-state index contributed by atoms with van der Waals surface area (Å²) in [6, 6.07) is 6.19. The van der Waals surface area contributed by atoms with Crippen molar-refractivity contribution < 1.29 is 17.9 Å². The van der Waals surface area contributed by atoms with Gasteiger partial charge in [-0.25, -0.2) is 0 Å². The monoisotopic (exact) mass is 233 g/mol. The third kappa shape index (κ3) is 3.73. The number of rotatable bonds is 4. The van der Waals surface area contributed by atoms with Crippen LogP contribution in [0.15, 0.2) is 24.3 Å². The average Bonchev–Trinajstić information content (AvgIpc) is 2.25. The highest BCUT2D eigenvalue weighted by Gasteiger charge is 2.28. The van der Waals surface area contributed by atoms with Gasteiger partial charge in [0.1, 0.15) is 5.75 Å². The van der Waals surface area contributed by atoms with Crippen LogP contribution in [0.2, 0.25) is 0 Å². The first-order valence-corrected chi connectivity index (χ1v) is 4.89. The van der Waals surface area contributed by atoms with Gasteiger partial charge in [0.25, 0.3) is 0 Å². The van der Waals surface area contributed by atoms with Crippen LogP contribution in [0.1, 0.15) is 24.4 Å². The van der Waals surface area contributed by atoms with Crippen molar-refractivity contribution in [2.75, 3.05) is 7.11 Å². The Balaban J connectivity index is 2.69. The fraction of sp³-hybridized carbons (Fsp3) is 0.455. The maximum atomic E-state index is 12.0. The maximum Gasteiger partial charge on any atom is 0.389 e. The number of nitrogens with two attached hydrogens (primary N) is 1. The molecule has 0 aromatic heterocycles. The lowest BCUT2D eigenvalue weighted by molar-refractivity contribution is -0.136. The molecule has 16 heavy (non-hydrogen) atoms. The van der Waals surface area contributed by atoms with Crippen LogP contribution in [-0.2, 0) is 0 Å². The van der Waals surface area contributed by atoms with Crippen molar-refractivity contribution in [3.63, 3.8) is 0 Å². The van der Waals surface area contributed by atoms with E-state index in [9.17, 15) is 13.2 Å². The summed E-state index contributed by atoms with van der Waals surface area (Å²) in [5, 5.41) is 0. The summed E-state index contributed by atoms with van der Waals surface area (Å²) in [4.78, 5) is 0. The minimum absolute atomic E-state index is 0.135. The summed E-state index contributed by atoms with van der Waals surface area (Å²) in [6.45, 7) is 0. The molecule has 0 fully saturated rings. The van der Waals surface area contributed by atoms with Gasteiger partial charge in [-0.15, -0.1) is 0 Å². The molecule has 0 aliphatic heterocycles. The van der Waals surface area contributed by atoms with Crippen molar-refractivity contribution in [2.45, 2.75) is 25.1 Å². The minimum atomic E-state index is -4.17. The van der Waals surface area contributed by atoms with Gasteiger partial charge < -0.3 is 10.5 Å². The van der Waals surface area contributed by atoms with E-state index in [2.05, 4.69) is 0 Å². The van der Waals surface area contributed by atoms with Crippen LogP contribution in [0.5, 0.6) is 5.75 Å². The van der Waals surface area contributed by atoms with Crippen LogP contribution >= 0.6 is 0 Å². The van der Waals surface area contributed by atoms with E-state index in [1.54, 1.807) is 24.3 Å². The Bertz CT molecular complexity index is 338. The molecule has 0 heterocycles. The van der Waals surface area contributed by atoms with Crippen molar-refractivity contribution in [3.05, 3.63) is 29.8 Å². The molecule has 0 aliphatic carbocycles. The SMILES string of the molecule is COc1ccccc1[C@@H](N)CCC(F)(F)F. The lowest BCUT2D eigenvalue weighted by atomic mass is 10.0. The van der Waals surface area contributed by atoms with Gasteiger partial charge in [0, 0.05) is 18.0 Å². The Hall–Kier alpha value is -1.23. The number of halogens is 3. The van der Waals surface area contributed by atoms with E-state index in [0.29, 0.717) is 11.3 Å². The van der Waals surface area contributed by atoms with E-state index in [-0.39, 0.29) is 6.42 Å². The second-order valence-corrected chi connectivity index (χ2v) is 3.50. The van der Waals surface area contributed by atoms with E-state index in [1.807, 2.05) is 0 Å². The van der Waals surface area contributed by atoms with Crippen LogP contribution < -0.4 is 10.5 Å². The molecule has 0 saturated carbocycles. The number of para-hydroxylation sites is 1. The van der Waals surface area contributed by atoms with Gasteiger partial charge in [0.2, 0.25) is 0 Å². The molecule has 0 aliphatic rings. The Morgan fingerprint density at radius 2 is 1.94 bits per heavy atom. The summed E-state index contributed by atoms with van der Waals surface area (Å²) < 4.78 is 41.1. The largest absolute Gasteiger partial charge is 0.496 e. The van der Waals surface area contributed by atoms with Crippen molar-refractivity contribution in [2.24, 2.45) is 5.73 Å². The molecule has 1 rings (SSSR count). The summed E-state index contributed by atoms with van der Waals surface area (Å²) in [5.41, 5.74) is 6.30. The van der Waals surface area contributed by atoms with E-state index in [1.165, 1.54) is 7.11 Å². The number of benzene rings is 1. The lowest BCUT2D eigenvalue weighted by Gasteiger charge is -2.16. The smallest absolute Gasteiger partial charge is 0.389 e. The second-order valence-electron chi connectivity index (χ2n) is 3.50. The molecule has 90 valence electrons. The van der Waals surface area contributed by atoms with Gasteiger partial charge in [-0.2, -0.15) is 13.2 Å². The minimum Gasteiger partial charge on any atom is -0.496 e. The maximum absolute atomic E-state index is 12.0. The molecular formula is C11H14F3NO. The highest BCUT2D eigenvalue weighted by molar-refractivity contribution is 5.35. The molecule has 0 amide bonds. The zero-order valence-electron chi connectivity index (χ0n) is 8.92. The summed E-state index contributed by atoms with van der Waals surface area (Å²) >= 11 is 0. The van der Waals surface area contributed by atoms with Gasteiger partial charge in [0.15, 0.2) is 0 Å². The standard InChI is InChI=1S/C11H14F3NO/c1-16-10-5-3-2-4-8(10)9(15)6-7-11(12,13)14/h2-5,9H,6-7,15H2,1H3/t9-/m0/s1. The Kier molecular flexibility index (Phi) is 4.18. The summed E-state index contributed by atoms with van der Waals surface area (Å²) in [6.07, 6.45) is -5.18. The van der Waals surface area contributed by atoms with Crippen LogP contribution in [0.25, 0.3) is 0 Å². The van der Waals surface area contributed by atoms with E-state index >= 15 is 0 Å². The molecule has 5 heteroatoms. The zero-order valence-corrected chi connectivity index (χ0v) is 8.92. The Morgan fingerprint density at radius 3 is 2.50 bits per heavy atom. The number of hydrogen-bond acceptors (Lipinski definition) is 2. The molecule has 0 saturated heterocycles. The molecule has 1 aromatic carbocycles. The molecule has 0 bridgehead atoms. The van der Waals surface area contributed by atoms with Gasteiger partial charge in [-0.3, -0.25) is 0 Å². The third-order valence-electron chi connectivity index (χ3n) is 2.28. The lowest BCUT2D eigenvalue weighted by Crippen LogP contribution is -2.16. The van der Waals surface area contributed by atoms with Gasteiger partial charge in [-0.1, -0.05) is 18.2 Å². The van der Waals surface area contributed by atoms with Gasteiger partial charge in [-0.05, 0) is 12.5 Å². The van der Waals surface area contributed by atoms with E-state index in [0.717, 1.165) is 0 Å². The van der Waals surface area contributed by atoms with E-state index < -0.39 is 18.6 Å². The number of hydrogen-bond donors (Lipinski definition) is 1. The molecule has 2 nitrogen and oxygen atoms in total. The predicted molar refractivity (Wildman–Crippen MR) is 55.2 cm³/mol. The number of ether oxygens (including phenoxy) is 1. The van der Waals surface area contributed by atoms with Crippen LogP contribution in [0.3, 0.4) is 0 Å². The van der Waals surface area contributed by atoms with Crippen molar-refractivity contribution in [3.8, 4) is 5.75 Å². The van der Waals surface area contributed by atoms with Crippen LogP contribution in [0.4, 0.5) is 13.2 Å². The number of alkyl halides is 3. The summed E-state index contributed by atoms with van der Waals surface area (Å²) in [7, 11) is 1.47. The quantitative estimate of drug-likeness (QED) is 0.867. The van der Waals surface area contributed by atoms with Crippen molar-refractivity contribution in [1.82, 2.24) is 0 Å². The third-order valence-corrected chi connectivity index (χ3v) is 2.28. The topological polar surface area (TPSA) is 35.2 Å². The molecule has 0 unspecified atom stereocenters. The Morgan fingerprint density at radius 1 is 1.31 bits per heavy atom. The normalized spacial score (nSPS) is 13.6. The molecule has 2 N–H and O–H groups in total. The highest BCUT2D eigenvalue weighted by Crippen LogP contribution is 2.30. The number of methoxy groups -OCH3 is 1. The Labute approximate surface area is 92.2 Å². The van der Waals surface area contributed by atoms with Crippen molar-refractivity contribution >= 4 is 0 Å². The van der Waals surface area contributed by atoms with Crippen LogP contribution in [0, 0.1) is 0 Å². The van der Waals surface area contributed by atoms with E-state index in [4.69, 9.17) is 10.5 Å². The zero-order chi connectivity index (χ0) is 12.2. The summed E-state index contributed by atoms with van der Waals surface area (Å²) in [5.74, 6) is 0.525. The first-order valence-electron chi connectivity index (χ1n) is 4.89. The fourth-order valence-corrected chi connectivity index (χ4v) is 1.45. The predicted octanol–water partition coefficient (Wildman–Crippen LogP) is 3.04. The molecule has 1 aromatic rings. The molecule has 1 atom stereocenters. The molecule has 0 radical (unpaired) electrons. The fourth-order valence-electron chi connectivity index (χ4n) is 1.45. The van der Waals surface area contributed by atoms with Gasteiger partial charge >= 0.3 is 6.18 Å². The van der Waals surface area contributed by atoms with Crippen molar-refractivity contribution in [1.29, 1.82) is 0 Å². The first kappa shape index (κ1) is 12.8. The first-order chi connectivity index (χ1) is 7.44. The second kappa shape index (κ2) is 5.21. The average molecular weight is 233 g/mol. The van der Waals surface area contributed by atoms with Crippen LogP contribution in [-0.4, -0.2) is 13.3 Å². The molecular weight excluding hydrogens is 219 g/mol. The molecule has 0 spiro atoms.